The van der Waals surface area contributed by atoms with Crippen LogP contribution in [0.25, 0.3) is 0 Å². The van der Waals surface area contributed by atoms with Gasteiger partial charge in [-0.1, -0.05) is 52.4 Å². The van der Waals surface area contributed by atoms with Crippen molar-refractivity contribution in [2.75, 3.05) is 72.9 Å². The fourth-order valence-corrected chi connectivity index (χ4v) is 4.73. The first kappa shape index (κ1) is 46.2. The summed E-state index contributed by atoms with van der Waals surface area (Å²) in [6.45, 7) is 6.53. The average Bonchev–Trinajstić information content (AvgIpc) is 3.09. The van der Waals surface area contributed by atoms with Crippen molar-refractivity contribution in [1.29, 1.82) is 0 Å². The smallest absolute Gasteiger partial charge is 0.305 e. The number of nitrogens with one attached hydrogen (secondary N) is 4. The molecular formula is C35H67N5O9. The molecule has 0 aliphatic rings. The first-order chi connectivity index (χ1) is 23.7. The number of nitrogens with two attached hydrogens (primary N) is 1. The number of unbranched alkanes of at least 4 members (excludes halogenated alkanes) is 7. The third-order valence-electron chi connectivity index (χ3n) is 7.57. The fourth-order valence-electron chi connectivity index (χ4n) is 4.73. The number of methoxy groups -OCH3 is 1. The van der Waals surface area contributed by atoms with E-state index in [1.54, 1.807) is 0 Å². The summed E-state index contributed by atoms with van der Waals surface area (Å²) in [5.74, 6) is -0.752. The van der Waals surface area contributed by atoms with Gasteiger partial charge in [0.1, 0.15) is 5.54 Å². The van der Waals surface area contributed by atoms with E-state index in [9.17, 15) is 24.0 Å². The topological polar surface area (TPSA) is 196 Å². The molecule has 6 N–H and O–H groups in total. The van der Waals surface area contributed by atoms with Crippen LogP contribution in [0.4, 0.5) is 0 Å². The van der Waals surface area contributed by atoms with Crippen LogP contribution in [0.1, 0.15) is 117 Å². The van der Waals surface area contributed by atoms with E-state index in [1.807, 2.05) is 13.8 Å². The van der Waals surface area contributed by atoms with E-state index in [2.05, 4.69) is 26.0 Å². The lowest BCUT2D eigenvalue weighted by molar-refractivity contribution is -0.140. The molecule has 0 heterocycles. The Morgan fingerprint density at radius 2 is 0.939 bits per heavy atom. The van der Waals surface area contributed by atoms with Gasteiger partial charge < -0.3 is 45.9 Å². The van der Waals surface area contributed by atoms with Crippen LogP contribution in [-0.2, 0) is 42.9 Å². The van der Waals surface area contributed by atoms with Gasteiger partial charge in [-0.2, -0.15) is 0 Å². The van der Waals surface area contributed by atoms with Crippen LogP contribution in [-0.4, -0.2) is 108 Å². The molecule has 0 aliphatic heterocycles. The van der Waals surface area contributed by atoms with Gasteiger partial charge in [-0.05, 0) is 38.6 Å². The highest BCUT2D eigenvalue weighted by Crippen LogP contribution is 2.14. The SMILES string of the molecule is CCCNC(=O)CCOCC(COCCC(=O)NCCC)(COCCC(=O)NCCCN)NC(=O)CCCCCCCCCCC(=O)OC. The van der Waals surface area contributed by atoms with Gasteiger partial charge in [-0.15, -0.1) is 0 Å². The second kappa shape index (κ2) is 32.4. The zero-order chi connectivity index (χ0) is 36.4. The number of hydrogen-bond acceptors (Lipinski definition) is 10. The van der Waals surface area contributed by atoms with Gasteiger partial charge in [0.15, 0.2) is 0 Å². The summed E-state index contributed by atoms with van der Waals surface area (Å²) >= 11 is 0. The molecule has 0 aliphatic carbocycles. The molecule has 0 aromatic heterocycles. The van der Waals surface area contributed by atoms with Gasteiger partial charge in [-0.25, -0.2) is 0 Å². The fraction of sp³-hybridized carbons (Fsp3) is 0.857. The Kier molecular flexibility index (Phi) is 30.5. The number of amides is 4. The monoisotopic (exact) mass is 701 g/mol. The molecule has 0 spiro atoms. The van der Waals surface area contributed by atoms with Crippen molar-refractivity contribution in [2.45, 2.75) is 122 Å². The second-order valence-electron chi connectivity index (χ2n) is 12.3. The van der Waals surface area contributed by atoms with Crippen LogP contribution in [0, 0.1) is 0 Å². The van der Waals surface area contributed by atoms with Crippen molar-refractivity contribution < 1.29 is 42.9 Å². The molecule has 0 fully saturated rings. The summed E-state index contributed by atoms with van der Waals surface area (Å²) in [6, 6.07) is 0. The summed E-state index contributed by atoms with van der Waals surface area (Å²) in [4.78, 5) is 60.8. The van der Waals surface area contributed by atoms with Crippen LogP contribution in [0.3, 0.4) is 0 Å². The van der Waals surface area contributed by atoms with Gasteiger partial charge in [0, 0.05) is 51.7 Å². The summed E-state index contributed by atoms with van der Waals surface area (Å²) in [5, 5.41) is 11.5. The molecular weight excluding hydrogens is 634 g/mol. The molecule has 0 saturated carbocycles. The second-order valence-corrected chi connectivity index (χ2v) is 12.3. The summed E-state index contributed by atoms with van der Waals surface area (Å²) in [7, 11) is 1.41. The first-order valence-corrected chi connectivity index (χ1v) is 18.3. The minimum atomic E-state index is -1.10. The molecule has 0 unspecified atom stereocenters. The van der Waals surface area contributed by atoms with Gasteiger partial charge >= 0.3 is 5.97 Å². The Labute approximate surface area is 294 Å². The van der Waals surface area contributed by atoms with Gasteiger partial charge in [0.2, 0.25) is 23.6 Å². The zero-order valence-corrected chi connectivity index (χ0v) is 30.6. The maximum Gasteiger partial charge on any atom is 0.305 e. The molecule has 0 rings (SSSR count). The van der Waals surface area contributed by atoms with Crippen molar-refractivity contribution >= 4 is 29.6 Å². The molecule has 286 valence electrons. The van der Waals surface area contributed by atoms with E-state index >= 15 is 0 Å². The van der Waals surface area contributed by atoms with E-state index in [0.29, 0.717) is 51.9 Å². The lowest BCUT2D eigenvalue weighted by atomic mass is 10.0. The summed E-state index contributed by atoms with van der Waals surface area (Å²) < 4.78 is 22.4. The number of ether oxygens (including phenoxy) is 4. The molecule has 49 heavy (non-hydrogen) atoms. The number of carbonyl (C=O) groups is 5. The van der Waals surface area contributed by atoms with Crippen LogP contribution in [0.15, 0.2) is 0 Å². The van der Waals surface area contributed by atoms with Gasteiger partial charge in [0.25, 0.3) is 0 Å². The normalized spacial score (nSPS) is 11.2. The highest BCUT2D eigenvalue weighted by Gasteiger charge is 2.34. The van der Waals surface area contributed by atoms with Crippen molar-refractivity contribution in [3.05, 3.63) is 0 Å². The number of rotatable bonds is 34. The van der Waals surface area contributed by atoms with Crippen molar-refractivity contribution in [3.63, 3.8) is 0 Å². The third-order valence-corrected chi connectivity index (χ3v) is 7.57. The lowest BCUT2D eigenvalue weighted by Crippen LogP contribution is -2.58. The summed E-state index contributed by atoms with van der Waals surface area (Å²) in [6.07, 6.45) is 11.3. The Morgan fingerprint density at radius 3 is 1.35 bits per heavy atom. The number of hydrogen-bond donors (Lipinski definition) is 5. The Bertz CT molecular complexity index is 864. The molecule has 14 heteroatoms. The van der Waals surface area contributed by atoms with Gasteiger partial charge in [0.05, 0.1) is 46.8 Å². The quantitative estimate of drug-likeness (QED) is 0.0492. The standard InChI is InChI=1S/C35H67N5O9/c1-4-21-37-30(41)17-24-47-27-35(28-48-25-18-31(42)38-22-5-2,29-49-26-19-32(43)39-23-14-20-36)40-33(44)15-12-10-8-6-7-9-11-13-16-34(45)46-3/h4-29,36H2,1-3H3,(H,37,41)(H,38,42)(H,39,43)(H,40,44). The first-order valence-electron chi connectivity index (χ1n) is 18.3. The molecule has 0 aromatic rings. The molecule has 0 bridgehead atoms. The Hall–Kier alpha value is -2.81. The van der Waals surface area contributed by atoms with Crippen molar-refractivity contribution in [1.82, 2.24) is 21.3 Å². The maximum absolute atomic E-state index is 13.2. The molecule has 0 aromatic carbocycles. The lowest BCUT2D eigenvalue weighted by Gasteiger charge is -2.34. The highest BCUT2D eigenvalue weighted by molar-refractivity contribution is 5.77. The van der Waals surface area contributed by atoms with Crippen LogP contribution in [0.5, 0.6) is 0 Å². The van der Waals surface area contributed by atoms with E-state index in [1.165, 1.54) is 7.11 Å². The Morgan fingerprint density at radius 1 is 0.531 bits per heavy atom. The zero-order valence-electron chi connectivity index (χ0n) is 30.6. The molecule has 14 nitrogen and oxygen atoms in total. The van der Waals surface area contributed by atoms with Crippen LogP contribution >= 0.6 is 0 Å². The Balaban J connectivity index is 5.21. The van der Waals surface area contributed by atoms with E-state index in [0.717, 1.165) is 57.8 Å². The van der Waals surface area contributed by atoms with E-state index in [-0.39, 0.29) is 88.5 Å². The molecule has 0 atom stereocenters. The third kappa shape index (κ3) is 28.7. The summed E-state index contributed by atoms with van der Waals surface area (Å²) in [5.41, 5.74) is 4.39. The van der Waals surface area contributed by atoms with Crippen molar-refractivity contribution in [2.24, 2.45) is 5.73 Å². The van der Waals surface area contributed by atoms with Crippen LogP contribution < -0.4 is 27.0 Å². The predicted octanol–water partition coefficient (Wildman–Crippen LogP) is 2.65. The van der Waals surface area contributed by atoms with Crippen LogP contribution in [0.2, 0.25) is 0 Å². The van der Waals surface area contributed by atoms with E-state index in [4.69, 9.17) is 19.9 Å². The number of esters is 1. The minimum Gasteiger partial charge on any atom is -0.469 e. The van der Waals surface area contributed by atoms with E-state index < -0.39 is 5.54 Å². The molecule has 0 saturated heterocycles. The highest BCUT2D eigenvalue weighted by atomic mass is 16.5. The molecule has 4 amide bonds. The number of carbonyl (C=O) groups excluding carboxylic acids is 5. The average molecular weight is 702 g/mol. The largest absolute Gasteiger partial charge is 0.469 e. The minimum absolute atomic E-state index is 0.00879. The van der Waals surface area contributed by atoms with Crippen molar-refractivity contribution in [3.8, 4) is 0 Å². The predicted molar refractivity (Wildman–Crippen MR) is 189 cm³/mol. The molecule has 0 radical (unpaired) electrons. The van der Waals surface area contributed by atoms with Gasteiger partial charge in [-0.3, -0.25) is 24.0 Å². The maximum atomic E-state index is 13.2.